The van der Waals surface area contributed by atoms with Crippen LogP contribution >= 0.6 is 11.8 Å². The van der Waals surface area contributed by atoms with Gasteiger partial charge in [-0.1, -0.05) is 42.1 Å². The van der Waals surface area contributed by atoms with Crippen LogP contribution in [0.4, 0.5) is 0 Å². The van der Waals surface area contributed by atoms with Gasteiger partial charge in [0, 0.05) is 5.75 Å². The molecule has 5 nitrogen and oxygen atoms in total. The number of tetrazole rings is 1. The number of hydrogen-bond donors (Lipinski definition) is 1. The average molecular weight is 262 g/mol. The SMILES string of the molecule is OC(CSc1nnnn1C1CC1)c1ccccc1. The van der Waals surface area contributed by atoms with Gasteiger partial charge in [0.25, 0.3) is 0 Å². The predicted octanol–water partition coefficient (Wildman–Crippen LogP) is 1.83. The number of nitrogens with zero attached hydrogens (tertiary/aromatic N) is 4. The Balaban J connectivity index is 1.62. The zero-order chi connectivity index (χ0) is 12.4. The molecule has 0 radical (unpaired) electrons. The van der Waals surface area contributed by atoms with Crippen molar-refractivity contribution in [1.29, 1.82) is 0 Å². The summed E-state index contributed by atoms with van der Waals surface area (Å²) >= 11 is 1.50. The van der Waals surface area contributed by atoms with E-state index in [0.717, 1.165) is 23.6 Å². The summed E-state index contributed by atoms with van der Waals surface area (Å²) in [4.78, 5) is 0. The lowest BCUT2D eigenvalue weighted by atomic mass is 10.1. The van der Waals surface area contributed by atoms with Crippen LogP contribution in [0.1, 0.15) is 30.6 Å². The summed E-state index contributed by atoms with van der Waals surface area (Å²) in [6, 6.07) is 10.1. The zero-order valence-electron chi connectivity index (χ0n) is 9.81. The summed E-state index contributed by atoms with van der Waals surface area (Å²) < 4.78 is 1.86. The van der Waals surface area contributed by atoms with E-state index in [1.165, 1.54) is 11.8 Å². The summed E-state index contributed by atoms with van der Waals surface area (Å²) in [5, 5.41) is 22.5. The normalized spacial score (nSPS) is 16.7. The highest BCUT2D eigenvalue weighted by Crippen LogP contribution is 2.36. The fourth-order valence-electron chi connectivity index (χ4n) is 1.75. The number of thioether (sulfide) groups is 1. The van der Waals surface area contributed by atoms with E-state index in [1.54, 1.807) is 0 Å². The van der Waals surface area contributed by atoms with Crippen LogP contribution in [0, 0.1) is 0 Å². The molecule has 1 aliphatic rings. The Morgan fingerprint density at radius 3 is 2.83 bits per heavy atom. The lowest BCUT2D eigenvalue weighted by Crippen LogP contribution is -2.03. The number of hydrogen-bond acceptors (Lipinski definition) is 5. The third-order valence-corrected chi connectivity index (χ3v) is 3.92. The second kappa shape index (κ2) is 5.07. The van der Waals surface area contributed by atoms with Crippen molar-refractivity contribution in [2.75, 3.05) is 5.75 Å². The average Bonchev–Trinajstić information content (AvgIpc) is 3.16. The molecular weight excluding hydrogens is 248 g/mol. The Morgan fingerprint density at radius 1 is 1.33 bits per heavy atom. The van der Waals surface area contributed by atoms with Gasteiger partial charge >= 0.3 is 0 Å². The first-order valence-electron chi connectivity index (χ1n) is 5.98. The Kier molecular flexibility index (Phi) is 3.29. The van der Waals surface area contributed by atoms with E-state index in [1.807, 2.05) is 35.0 Å². The maximum absolute atomic E-state index is 10.1. The first-order valence-corrected chi connectivity index (χ1v) is 6.97. The minimum absolute atomic E-state index is 0.469. The van der Waals surface area contributed by atoms with Crippen LogP contribution in [0.5, 0.6) is 0 Å². The summed E-state index contributed by atoms with van der Waals surface area (Å²) in [5.41, 5.74) is 0.926. The van der Waals surface area contributed by atoms with Crippen molar-refractivity contribution in [2.24, 2.45) is 0 Å². The zero-order valence-corrected chi connectivity index (χ0v) is 10.6. The highest BCUT2D eigenvalue weighted by atomic mass is 32.2. The highest BCUT2D eigenvalue weighted by molar-refractivity contribution is 7.99. The van der Waals surface area contributed by atoms with Crippen molar-refractivity contribution in [3.05, 3.63) is 35.9 Å². The molecule has 18 heavy (non-hydrogen) atoms. The van der Waals surface area contributed by atoms with Gasteiger partial charge in [0.05, 0.1) is 12.1 Å². The summed E-state index contributed by atoms with van der Waals surface area (Å²) in [6.07, 6.45) is 1.82. The third kappa shape index (κ3) is 2.54. The molecule has 1 heterocycles. The number of aliphatic hydroxyl groups is 1. The van der Waals surface area contributed by atoms with Gasteiger partial charge in [-0.05, 0) is 28.8 Å². The maximum Gasteiger partial charge on any atom is 0.209 e. The highest BCUT2D eigenvalue weighted by Gasteiger charge is 2.28. The van der Waals surface area contributed by atoms with Gasteiger partial charge in [-0.15, -0.1) is 5.10 Å². The molecule has 1 aliphatic carbocycles. The molecule has 0 spiro atoms. The van der Waals surface area contributed by atoms with Crippen molar-refractivity contribution in [3.63, 3.8) is 0 Å². The minimum atomic E-state index is -0.486. The van der Waals surface area contributed by atoms with Gasteiger partial charge in [0.2, 0.25) is 5.16 Å². The predicted molar refractivity (Wildman–Crippen MR) is 68.2 cm³/mol. The molecule has 1 unspecified atom stereocenters. The molecule has 1 atom stereocenters. The fourth-order valence-corrected chi connectivity index (χ4v) is 2.67. The van der Waals surface area contributed by atoms with E-state index in [4.69, 9.17) is 0 Å². The summed E-state index contributed by atoms with van der Waals surface area (Å²) in [7, 11) is 0. The number of aromatic nitrogens is 4. The lowest BCUT2D eigenvalue weighted by Gasteiger charge is -2.09. The lowest BCUT2D eigenvalue weighted by molar-refractivity contribution is 0.204. The third-order valence-electron chi connectivity index (χ3n) is 2.91. The van der Waals surface area contributed by atoms with Crippen molar-refractivity contribution < 1.29 is 5.11 Å². The van der Waals surface area contributed by atoms with Crippen LogP contribution in [-0.2, 0) is 0 Å². The Labute approximate surface area is 109 Å². The Morgan fingerprint density at radius 2 is 2.11 bits per heavy atom. The van der Waals surface area contributed by atoms with Gasteiger partial charge in [-0.2, -0.15) is 0 Å². The standard InChI is InChI=1S/C12H14N4OS/c17-11(9-4-2-1-3-5-9)8-18-12-13-14-15-16(12)10-6-7-10/h1-5,10-11,17H,6-8H2. The van der Waals surface area contributed by atoms with Gasteiger partial charge in [-0.25, -0.2) is 4.68 Å². The summed E-state index contributed by atoms with van der Waals surface area (Å²) in [5.74, 6) is 0.567. The molecule has 6 heteroatoms. The largest absolute Gasteiger partial charge is 0.388 e. The molecule has 1 aromatic carbocycles. The van der Waals surface area contributed by atoms with E-state index < -0.39 is 6.10 Å². The van der Waals surface area contributed by atoms with Crippen molar-refractivity contribution in [1.82, 2.24) is 20.2 Å². The second-order valence-corrected chi connectivity index (χ2v) is 5.36. The van der Waals surface area contributed by atoms with Gasteiger partial charge in [-0.3, -0.25) is 0 Å². The summed E-state index contributed by atoms with van der Waals surface area (Å²) in [6.45, 7) is 0. The smallest absolute Gasteiger partial charge is 0.209 e. The van der Waals surface area contributed by atoms with Crippen molar-refractivity contribution in [2.45, 2.75) is 30.1 Å². The van der Waals surface area contributed by atoms with Crippen LogP contribution in [0.25, 0.3) is 0 Å². The first-order chi connectivity index (χ1) is 8.84. The molecule has 3 rings (SSSR count). The van der Waals surface area contributed by atoms with E-state index >= 15 is 0 Å². The Hall–Kier alpha value is -1.40. The van der Waals surface area contributed by atoms with Gasteiger partial charge in [0.1, 0.15) is 0 Å². The fraction of sp³-hybridized carbons (Fsp3) is 0.417. The molecule has 0 saturated heterocycles. The second-order valence-electron chi connectivity index (χ2n) is 4.37. The first kappa shape index (κ1) is 11.7. The van der Waals surface area contributed by atoms with E-state index in [2.05, 4.69) is 15.5 Å². The van der Waals surface area contributed by atoms with Gasteiger partial charge < -0.3 is 5.11 Å². The van der Waals surface area contributed by atoms with E-state index in [0.29, 0.717) is 11.8 Å². The van der Waals surface area contributed by atoms with Crippen LogP contribution in [0.3, 0.4) is 0 Å². The molecule has 0 amide bonds. The molecule has 1 fully saturated rings. The molecule has 0 aliphatic heterocycles. The number of benzene rings is 1. The molecule has 1 saturated carbocycles. The number of aliphatic hydroxyl groups excluding tert-OH is 1. The van der Waals surface area contributed by atoms with Crippen molar-refractivity contribution >= 4 is 11.8 Å². The minimum Gasteiger partial charge on any atom is -0.388 e. The van der Waals surface area contributed by atoms with E-state index in [-0.39, 0.29) is 0 Å². The molecule has 94 valence electrons. The molecular formula is C12H14N4OS. The maximum atomic E-state index is 10.1. The van der Waals surface area contributed by atoms with Crippen LogP contribution < -0.4 is 0 Å². The van der Waals surface area contributed by atoms with Crippen LogP contribution in [-0.4, -0.2) is 31.1 Å². The molecule has 0 bridgehead atoms. The van der Waals surface area contributed by atoms with Crippen LogP contribution in [0.2, 0.25) is 0 Å². The molecule has 1 N–H and O–H groups in total. The molecule has 1 aromatic heterocycles. The monoisotopic (exact) mass is 262 g/mol. The van der Waals surface area contributed by atoms with Crippen molar-refractivity contribution in [3.8, 4) is 0 Å². The van der Waals surface area contributed by atoms with E-state index in [9.17, 15) is 5.11 Å². The topological polar surface area (TPSA) is 63.8 Å². The Bertz CT molecular complexity index is 512. The molecule has 2 aromatic rings. The number of rotatable bonds is 5. The quantitative estimate of drug-likeness (QED) is 0.833. The van der Waals surface area contributed by atoms with Crippen LogP contribution in [0.15, 0.2) is 35.5 Å². The van der Waals surface area contributed by atoms with Gasteiger partial charge in [0.15, 0.2) is 0 Å².